The van der Waals surface area contributed by atoms with Gasteiger partial charge in [0, 0.05) is 12.6 Å². The molecule has 4 nitrogen and oxygen atoms in total. The number of carbonyl (C=O) groups is 1. The molecule has 0 aromatic heterocycles. The first-order valence-corrected chi connectivity index (χ1v) is 2.97. The summed E-state index contributed by atoms with van der Waals surface area (Å²) in [6, 6.07) is 0.162. The van der Waals surface area contributed by atoms with Gasteiger partial charge in [-0.25, -0.2) is 4.79 Å². The minimum Gasteiger partial charge on any atom is -0.475 e. The van der Waals surface area contributed by atoms with Gasteiger partial charge in [0.05, 0.1) is 0 Å². The van der Waals surface area contributed by atoms with Crippen molar-refractivity contribution in [2.45, 2.75) is 19.1 Å². The average molecular weight is 188 g/mol. The molecule has 0 aliphatic carbocycles. The molecule has 0 spiro atoms. The minimum absolute atomic E-state index is 0.162. The van der Waals surface area contributed by atoms with E-state index in [9.17, 15) is 13.2 Å². The van der Waals surface area contributed by atoms with E-state index in [1.807, 2.05) is 6.92 Å². The Hall–Kier alpha value is -0.820. The number of halogens is 3. The molecule has 0 aliphatic heterocycles. The Kier molecular flexibility index (Phi) is 6.63. The van der Waals surface area contributed by atoms with Crippen molar-refractivity contribution in [1.29, 1.82) is 0 Å². The second kappa shape index (κ2) is 5.78. The zero-order valence-corrected chi connectivity index (χ0v) is 6.43. The molecule has 0 fully saturated rings. The van der Waals surface area contributed by atoms with Gasteiger partial charge in [0.1, 0.15) is 0 Å². The molecule has 1 unspecified atom stereocenters. The summed E-state index contributed by atoms with van der Waals surface area (Å²) in [6.45, 7) is 2.46. The fraction of sp³-hybridized carbons (Fsp3) is 0.800. The maximum absolute atomic E-state index is 10.6. The van der Waals surface area contributed by atoms with Crippen LogP contribution < -0.4 is 11.5 Å². The van der Waals surface area contributed by atoms with Crippen molar-refractivity contribution in [3.05, 3.63) is 0 Å². The maximum Gasteiger partial charge on any atom is 0.490 e. The highest BCUT2D eigenvalue weighted by molar-refractivity contribution is 5.73. The van der Waals surface area contributed by atoms with Crippen LogP contribution in [0.1, 0.15) is 6.92 Å². The third kappa shape index (κ3) is 11.9. The Morgan fingerprint density at radius 2 is 1.75 bits per heavy atom. The van der Waals surface area contributed by atoms with E-state index in [2.05, 4.69) is 0 Å². The van der Waals surface area contributed by atoms with Crippen molar-refractivity contribution < 1.29 is 23.1 Å². The zero-order chi connectivity index (χ0) is 10.4. The second-order valence-corrected chi connectivity index (χ2v) is 2.02. The Morgan fingerprint density at radius 3 is 1.75 bits per heavy atom. The molecule has 0 bridgehead atoms. The summed E-state index contributed by atoms with van der Waals surface area (Å²) < 4.78 is 31.7. The average Bonchev–Trinajstić information content (AvgIpc) is 1.87. The molecule has 74 valence electrons. The number of alkyl halides is 3. The van der Waals surface area contributed by atoms with Gasteiger partial charge < -0.3 is 16.6 Å². The molecule has 0 rings (SSSR count). The predicted molar refractivity (Wildman–Crippen MR) is 36.4 cm³/mol. The third-order valence-electron chi connectivity index (χ3n) is 0.614. The van der Waals surface area contributed by atoms with Gasteiger partial charge in [-0.05, 0) is 6.92 Å². The van der Waals surface area contributed by atoms with Gasteiger partial charge in [-0.1, -0.05) is 0 Å². The molecule has 0 aromatic carbocycles. The molecule has 0 amide bonds. The second-order valence-electron chi connectivity index (χ2n) is 2.02. The Morgan fingerprint density at radius 1 is 1.58 bits per heavy atom. The molecule has 7 heteroatoms. The number of rotatable bonds is 1. The SMILES string of the molecule is CC(N)CN.O=C(O)C(F)(F)F. The Balaban J connectivity index is 0. The molecule has 0 heterocycles. The fourth-order valence-corrected chi connectivity index (χ4v) is 0. The van der Waals surface area contributed by atoms with Gasteiger partial charge in [-0.2, -0.15) is 13.2 Å². The molecule has 0 radical (unpaired) electrons. The van der Waals surface area contributed by atoms with E-state index < -0.39 is 12.1 Å². The number of aliphatic carboxylic acids is 1. The summed E-state index contributed by atoms with van der Waals surface area (Å²) in [7, 11) is 0. The van der Waals surface area contributed by atoms with Gasteiger partial charge in [0.25, 0.3) is 0 Å². The smallest absolute Gasteiger partial charge is 0.475 e. The van der Waals surface area contributed by atoms with Crippen molar-refractivity contribution in [2.24, 2.45) is 11.5 Å². The highest BCUT2D eigenvalue weighted by atomic mass is 19.4. The summed E-state index contributed by atoms with van der Waals surface area (Å²) in [5.74, 6) is -2.76. The number of nitrogens with two attached hydrogens (primary N) is 2. The highest BCUT2D eigenvalue weighted by Gasteiger charge is 2.38. The standard InChI is InChI=1S/C3H10N2.C2HF3O2/c1-3(5)2-4;3-2(4,5)1(6)7/h3H,2,4-5H2,1H3;(H,6,7). The largest absolute Gasteiger partial charge is 0.490 e. The normalized spacial score (nSPS) is 12.8. The molecule has 0 saturated heterocycles. The lowest BCUT2D eigenvalue weighted by Crippen LogP contribution is -2.25. The first kappa shape index (κ1) is 13.7. The fourth-order valence-electron chi connectivity index (χ4n) is 0. The molecule has 0 aromatic rings. The van der Waals surface area contributed by atoms with Crippen molar-refractivity contribution in [2.75, 3.05) is 6.54 Å². The van der Waals surface area contributed by atoms with Crippen LogP contribution in [0.5, 0.6) is 0 Å². The van der Waals surface area contributed by atoms with Crippen LogP contribution in [0.3, 0.4) is 0 Å². The summed E-state index contributed by atoms with van der Waals surface area (Å²) in [5.41, 5.74) is 10.2. The lowest BCUT2D eigenvalue weighted by Gasteiger charge is -1.93. The molecule has 1 atom stereocenters. The number of carboxylic acids is 1. The Bertz CT molecular complexity index is 135. The van der Waals surface area contributed by atoms with Crippen LogP contribution in [0, 0.1) is 0 Å². The van der Waals surface area contributed by atoms with Gasteiger partial charge in [-0.3, -0.25) is 0 Å². The van der Waals surface area contributed by atoms with Crippen LogP contribution >= 0.6 is 0 Å². The quantitative estimate of drug-likeness (QED) is 0.537. The summed E-state index contributed by atoms with van der Waals surface area (Å²) in [4.78, 5) is 8.90. The van der Waals surface area contributed by atoms with Crippen LogP contribution in [-0.2, 0) is 4.79 Å². The van der Waals surface area contributed by atoms with Crippen molar-refractivity contribution in [3.8, 4) is 0 Å². The van der Waals surface area contributed by atoms with Crippen LogP contribution in [0.15, 0.2) is 0 Å². The molecule has 5 N–H and O–H groups in total. The summed E-state index contributed by atoms with van der Waals surface area (Å²) >= 11 is 0. The molecular formula is C5H11F3N2O2. The molecule has 0 saturated carbocycles. The first-order valence-electron chi connectivity index (χ1n) is 2.97. The van der Waals surface area contributed by atoms with Crippen molar-refractivity contribution in [1.82, 2.24) is 0 Å². The van der Waals surface area contributed by atoms with E-state index >= 15 is 0 Å². The van der Waals surface area contributed by atoms with Crippen LogP contribution in [0.2, 0.25) is 0 Å². The Labute approximate surface area is 67.3 Å². The van der Waals surface area contributed by atoms with Crippen LogP contribution in [0.25, 0.3) is 0 Å². The molecule has 12 heavy (non-hydrogen) atoms. The van der Waals surface area contributed by atoms with E-state index in [0.717, 1.165) is 0 Å². The van der Waals surface area contributed by atoms with Crippen molar-refractivity contribution >= 4 is 5.97 Å². The third-order valence-corrected chi connectivity index (χ3v) is 0.614. The summed E-state index contributed by atoms with van der Waals surface area (Å²) in [6.07, 6.45) is -5.08. The lowest BCUT2D eigenvalue weighted by atomic mass is 10.4. The highest BCUT2D eigenvalue weighted by Crippen LogP contribution is 2.13. The van der Waals surface area contributed by atoms with Gasteiger partial charge >= 0.3 is 12.1 Å². The lowest BCUT2D eigenvalue weighted by molar-refractivity contribution is -0.192. The zero-order valence-electron chi connectivity index (χ0n) is 6.43. The van der Waals surface area contributed by atoms with Gasteiger partial charge in [-0.15, -0.1) is 0 Å². The first-order chi connectivity index (χ1) is 5.21. The number of hydrogen-bond donors (Lipinski definition) is 3. The van der Waals surface area contributed by atoms with E-state index in [0.29, 0.717) is 6.54 Å². The van der Waals surface area contributed by atoms with Crippen molar-refractivity contribution in [3.63, 3.8) is 0 Å². The van der Waals surface area contributed by atoms with E-state index in [4.69, 9.17) is 21.4 Å². The summed E-state index contributed by atoms with van der Waals surface area (Å²) in [5, 5.41) is 7.12. The maximum atomic E-state index is 10.6. The van der Waals surface area contributed by atoms with Gasteiger partial charge in [0.15, 0.2) is 0 Å². The van der Waals surface area contributed by atoms with E-state index in [-0.39, 0.29) is 6.04 Å². The topological polar surface area (TPSA) is 89.3 Å². The molecule has 0 aliphatic rings. The number of carboxylic acid groups (broad SMARTS) is 1. The van der Waals surface area contributed by atoms with Gasteiger partial charge in [0.2, 0.25) is 0 Å². The number of hydrogen-bond acceptors (Lipinski definition) is 3. The van der Waals surface area contributed by atoms with E-state index in [1.165, 1.54) is 0 Å². The van der Waals surface area contributed by atoms with E-state index in [1.54, 1.807) is 0 Å². The van der Waals surface area contributed by atoms with Crippen LogP contribution in [0.4, 0.5) is 13.2 Å². The minimum atomic E-state index is -5.08. The predicted octanol–water partition coefficient (Wildman–Crippen LogP) is -0.0744. The molecular weight excluding hydrogens is 177 g/mol. The van der Waals surface area contributed by atoms with Crippen LogP contribution in [-0.4, -0.2) is 29.8 Å². The monoisotopic (exact) mass is 188 g/mol.